The van der Waals surface area contributed by atoms with E-state index in [1.165, 1.54) is 0 Å². The Morgan fingerprint density at radius 1 is 1.53 bits per heavy atom. The topological polar surface area (TPSA) is 34.1 Å². The second kappa shape index (κ2) is 4.90. The van der Waals surface area contributed by atoms with Gasteiger partial charge in [-0.1, -0.05) is 17.7 Å². The Bertz CT molecular complexity index is 522. The maximum atomic E-state index is 6.14. The van der Waals surface area contributed by atoms with Gasteiger partial charge in [-0.3, -0.25) is 0 Å². The number of halogens is 1. The van der Waals surface area contributed by atoms with Gasteiger partial charge in [-0.25, -0.2) is 4.98 Å². The molecule has 1 unspecified atom stereocenters. The number of hydrogen-bond acceptors (Lipinski definition) is 4. The molecule has 3 nitrogen and oxygen atoms in total. The van der Waals surface area contributed by atoms with Gasteiger partial charge in [-0.15, -0.1) is 11.3 Å². The third-order valence-electron chi connectivity index (χ3n) is 2.83. The normalized spacial score (nSPS) is 20.9. The van der Waals surface area contributed by atoms with Gasteiger partial charge in [-0.2, -0.15) is 0 Å². The van der Waals surface area contributed by atoms with E-state index in [4.69, 9.17) is 16.3 Å². The maximum absolute atomic E-state index is 6.14. The third kappa shape index (κ3) is 2.45. The molecular formula is C12H13ClN2OS. The number of nitrogens with zero attached hydrogens (tertiary/aromatic N) is 1. The summed E-state index contributed by atoms with van der Waals surface area (Å²) < 4.78 is 6.52. The highest BCUT2D eigenvalue weighted by Gasteiger charge is 2.16. The highest BCUT2D eigenvalue weighted by atomic mass is 35.5. The first kappa shape index (κ1) is 11.4. The SMILES string of the molecule is Clc1cccc2nc(CC3COCCN3)sc12. The number of morpholine rings is 1. The molecule has 3 rings (SSSR count). The lowest BCUT2D eigenvalue weighted by Crippen LogP contribution is -2.42. The number of aromatic nitrogens is 1. The molecule has 1 saturated heterocycles. The number of thiazole rings is 1. The van der Waals surface area contributed by atoms with E-state index >= 15 is 0 Å². The number of ether oxygens (including phenoxy) is 1. The van der Waals surface area contributed by atoms with E-state index in [1.54, 1.807) is 11.3 Å². The molecule has 2 heterocycles. The smallest absolute Gasteiger partial charge is 0.0955 e. The molecule has 1 N–H and O–H groups in total. The third-order valence-corrected chi connectivity index (χ3v) is 4.38. The Hall–Kier alpha value is -0.680. The second-order valence-electron chi connectivity index (χ2n) is 4.13. The average molecular weight is 269 g/mol. The van der Waals surface area contributed by atoms with Crippen molar-refractivity contribution in [2.75, 3.05) is 19.8 Å². The summed E-state index contributed by atoms with van der Waals surface area (Å²) >= 11 is 7.82. The van der Waals surface area contributed by atoms with Crippen LogP contribution in [0.5, 0.6) is 0 Å². The lowest BCUT2D eigenvalue weighted by molar-refractivity contribution is 0.0770. The minimum atomic E-state index is 0.378. The molecule has 0 saturated carbocycles. The maximum Gasteiger partial charge on any atom is 0.0955 e. The van der Waals surface area contributed by atoms with Crippen molar-refractivity contribution in [2.24, 2.45) is 0 Å². The summed E-state index contributed by atoms with van der Waals surface area (Å²) in [6.45, 7) is 2.50. The minimum Gasteiger partial charge on any atom is -0.379 e. The van der Waals surface area contributed by atoms with E-state index in [2.05, 4.69) is 10.3 Å². The van der Waals surface area contributed by atoms with Gasteiger partial charge in [0.25, 0.3) is 0 Å². The van der Waals surface area contributed by atoms with Gasteiger partial charge in [-0.05, 0) is 12.1 Å². The summed E-state index contributed by atoms with van der Waals surface area (Å²) in [7, 11) is 0. The molecule has 0 amide bonds. The molecular weight excluding hydrogens is 256 g/mol. The van der Waals surface area contributed by atoms with Gasteiger partial charge in [0.1, 0.15) is 0 Å². The van der Waals surface area contributed by atoms with Gasteiger partial charge in [0, 0.05) is 19.0 Å². The standard InChI is InChI=1S/C12H13ClN2OS/c13-9-2-1-3-10-12(9)17-11(15-10)6-8-7-16-5-4-14-8/h1-3,8,14H,4-7H2. The molecule has 1 fully saturated rings. The minimum absolute atomic E-state index is 0.378. The van der Waals surface area contributed by atoms with Crippen LogP contribution in [0.15, 0.2) is 18.2 Å². The number of benzene rings is 1. The number of rotatable bonds is 2. The van der Waals surface area contributed by atoms with Crippen molar-refractivity contribution in [1.29, 1.82) is 0 Å². The van der Waals surface area contributed by atoms with E-state index in [0.29, 0.717) is 6.04 Å². The molecule has 0 spiro atoms. The van der Waals surface area contributed by atoms with Crippen molar-refractivity contribution in [1.82, 2.24) is 10.3 Å². The summed E-state index contributed by atoms with van der Waals surface area (Å²) in [6, 6.07) is 6.23. The summed E-state index contributed by atoms with van der Waals surface area (Å²) in [4.78, 5) is 4.61. The molecule has 90 valence electrons. The fourth-order valence-corrected chi connectivity index (χ4v) is 3.34. The Balaban J connectivity index is 1.83. The fraction of sp³-hybridized carbons (Fsp3) is 0.417. The molecule has 0 bridgehead atoms. The van der Waals surface area contributed by atoms with Crippen LogP contribution in [-0.2, 0) is 11.2 Å². The molecule has 2 aromatic rings. The predicted octanol–water partition coefficient (Wildman–Crippen LogP) is 2.48. The second-order valence-corrected chi connectivity index (χ2v) is 5.62. The average Bonchev–Trinajstić information content (AvgIpc) is 2.74. The number of hydrogen-bond donors (Lipinski definition) is 1. The number of fused-ring (bicyclic) bond motifs is 1. The zero-order valence-corrected chi connectivity index (χ0v) is 10.9. The van der Waals surface area contributed by atoms with Crippen LogP contribution >= 0.6 is 22.9 Å². The van der Waals surface area contributed by atoms with Crippen LogP contribution in [0, 0.1) is 0 Å². The zero-order valence-electron chi connectivity index (χ0n) is 9.28. The van der Waals surface area contributed by atoms with Crippen molar-refractivity contribution >= 4 is 33.2 Å². The first-order chi connectivity index (χ1) is 8.33. The highest BCUT2D eigenvalue weighted by Crippen LogP contribution is 2.29. The van der Waals surface area contributed by atoms with Crippen LogP contribution in [0.4, 0.5) is 0 Å². The van der Waals surface area contributed by atoms with Crippen LogP contribution in [-0.4, -0.2) is 30.8 Å². The zero-order chi connectivity index (χ0) is 11.7. The first-order valence-corrected chi connectivity index (χ1v) is 6.87. The van der Waals surface area contributed by atoms with Crippen LogP contribution in [0.3, 0.4) is 0 Å². The summed E-state index contributed by atoms with van der Waals surface area (Å²) in [5, 5.41) is 5.35. The fourth-order valence-electron chi connectivity index (χ4n) is 2.01. The van der Waals surface area contributed by atoms with E-state index < -0.39 is 0 Å². The Labute approximate surface area is 109 Å². The molecule has 0 aliphatic carbocycles. The van der Waals surface area contributed by atoms with Crippen LogP contribution in [0.25, 0.3) is 10.2 Å². The van der Waals surface area contributed by atoms with Crippen LogP contribution < -0.4 is 5.32 Å². The monoisotopic (exact) mass is 268 g/mol. The first-order valence-electron chi connectivity index (χ1n) is 5.68. The van der Waals surface area contributed by atoms with E-state index in [-0.39, 0.29) is 0 Å². The molecule has 1 atom stereocenters. The molecule has 1 aromatic heterocycles. The van der Waals surface area contributed by atoms with Crippen molar-refractivity contribution in [3.63, 3.8) is 0 Å². The van der Waals surface area contributed by atoms with Gasteiger partial charge in [0.2, 0.25) is 0 Å². The van der Waals surface area contributed by atoms with Gasteiger partial charge >= 0.3 is 0 Å². The van der Waals surface area contributed by atoms with E-state index in [0.717, 1.165) is 46.4 Å². The highest BCUT2D eigenvalue weighted by molar-refractivity contribution is 7.19. The van der Waals surface area contributed by atoms with Crippen molar-refractivity contribution in [3.8, 4) is 0 Å². The summed E-state index contributed by atoms with van der Waals surface area (Å²) in [5.41, 5.74) is 0.995. The largest absolute Gasteiger partial charge is 0.379 e. The van der Waals surface area contributed by atoms with Crippen LogP contribution in [0.2, 0.25) is 5.02 Å². The van der Waals surface area contributed by atoms with Crippen molar-refractivity contribution in [3.05, 3.63) is 28.2 Å². The molecule has 5 heteroatoms. The van der Waals surface area contributed by atoms with Gasteiger partial charge in [0.15, 0.2) is 0 Å². The lowest BCUT2D eigenvalue weighted by Gasteiger charge is -2.22. The Kier molecular flexibility index (Phi) is 3.29. The van der Waals surface area contributed by atoms with Gasteiger partial charge in [0.05, 0.1) is 33.5 Å². The molecule has 17 heavy (non-hydrogen) atoms. The van der Waals surface area contributed by atoms with Crippen molar-refractivity contribution in [2.45, 2.75) is 12.5 Å². The summed E-state index contributed by atoms with van der Waals surface area (Å²) in [6.07, 6.45) is 0.912. The number of nitrogens with one attached hydrogen (secondary N) is 1. The lowest BCUT2D eigenvalue weighted by atomic mass is 10.2. The van der Waals surface area contributed by atoms with E-state index in [9.17, 15) is 0 Å². The van der Waals surface area contributed by atoms with Gasteiger partial charge < -0.3 is 10.1 Å². The molecule has 0 radical (unpaired) electrons. The Morgan fingerprint density at radius 3 is 3.24 bits per heavy atom. The molecule has 1 aromatic carbocycles. The Morgan fingerprint density at radius 2 is 2.47 bits per heavy atom. The quantitative estimate of drug-likeness (QED) is 0.909. The van der Waals surface area contributed by atoms with Crippen LogP contribution in [0.1, 0.15) is 5.01 Å². The van der Waals surface area contributed by atoms with Crippen molar-refractivity contribution < 1.29 is 4.74 Å². The summed E-state index contributed by atoms with van der Waals surface area (Å²) in [5.74, 6) is 0. The predicted molar refractivity (Wildman–Crippen MR) is 70.9 cm³/mol. The van der Waals surface area contributed by atoms with E-state index in [1.807, 2.05) is 18.2 Å². The molecule has 1 aliphatic rings. The molecule has 1 aliphatic heterocycles.